The van der Waals surface area contributed by atoms with Gasteiger partial charge in [-0.25, -0.2) is 0 Å². The van der Waals surface area contributed by atoms with E-state index in [2.05, 4.69) is 53.3 Å². The molecular formula is C22H22BrNO2. The molecule has 1 N–H and O–H groups in total. The third-order valence-electron chi connectivity index (χ3n) is 4.46. The van der Waals surface area contributed by atoms with Crippen molar-refractivity contribution in [1.82, 2.24) is 5.32 Å². The Labute approximate surface area is 162 Å². The Kier molecular flexibility index (Phi) is 5.62. The number of benzene rings is 3. The molecule has 0 aliphatic heterocycles. The van der Waals surface area contributed by atoms with E-state index in [1.807, 2.05) is 43.3 Å². The number of nitrogens with one attached hydrogen (secondary N) is 1. The number of carbonyl (C=O) groups is 1. The van der Waals surface area contributed by atoms with Gasteiger partial charge in [0.2, 0.25) is 0 Å². The summed E-state index contributed by atoms with van der Waals surface area (Å²) >= 11 is 3.58. The number of hydrogen-bond donors (Lipinski definition) is 1. The van der Waals surface area contributed by atoms with Crippen molar-refractivity contribution in [3.63, 3.8) is 0 Å². The highest BCUT2D eigenvalue weighted by Crippen LogP contribution is 2.33. The molecule has 3 nitrogen and oxygen atoms in total. The number of amides is 1. The van der Waals surface area contributed by atoms with Crippen LogP contribution in [0.2, 0.25) is 0 Å². The first-order valence-electron chi connectivity index (χ1n) is 8.62. The van der Waals surface area contributed by atoms with Gasteiger partial charge in [0.1, 0.15) is 5.75 Å². The zero-order valence-corrected chi connectivity index (χ0v) is 16.8. The molecule has 1 atom stereocenters. The number of hydrogen-bond acceptors (Lipinski definition) is 2. The Morgan fingerprint density at radius 1 is 1.12 bits per heavy atom. The zero-order chi connectivity index (χ0) is 18.7. The first-order chi connectivity index (χ1) is 12.5. The number of ether oxygens (including phenoxy) is 1. The van der Waals surface area contributed by atoms with Crippen LogP contribution >= 0.6 is 15.9 Å². The molecule has 0 radical (unpaired) electrons. The lowest BCUT2D eigenvalue weighted by atomic mass is 10.0. The number of halogens is 1. The highest BCUT2D eigenvalue weighted by atomic mass is 79.9. The molecule has 0 saturated carbocycles. The maximum atomic E-state index is 12.3. The summed E-state index contributed by atoms with van der Waals surface area (Å²) < 4.78 is 6.60. The van der Waals surface area contributed by atoms with Gasteiger partial charge < -0.3 is 10.1 Å². The largest absolute Gasteiger partial charge is 0.483 e. The SMILES string of the molecule is Cc1ccc(C(C)NC(=O)COc2ccc3ccccc3c2Br)c(C)c1. The van der Waals surface area contributed by atoms with Crippen LogP contribution in [-0.2, 0) is 4.79 Å². The topological polar surface area (TPSA) is 38.3 Å². The lowest BCUT2D eigenvalue weighted by Gasteiger charge is -2.17. The van der Waals surface area contributed by atoms with Gasteiger partial charge in [-0.1, -0.05) is 54.1 Å². The molecule has 0 spiro atoms. The van der Waals surface area contributed by atoms with Crippen LogP contribution in [0.15, 0.2) is 59.1 Å². The molecule has 1 unspecified atom stereocenters. The van der Waals surface area contributed by atoms with Crippen LogP contribution in [0.4, 0.5) is 0 Å². The Hall–Kier alpha value is -2.33. The van der Waals surface area contributed by atoms with Gasteiger partial charge in [0.05, 0.1) is 10.5 Å². The predicted molar refractivity (Wildman–Crippen MR) is 110 cm³/mol. The molecule has 0 bridgehead atoms. The predicted octanol–water partition coefficient (Wildman–Crippen LogP) is 5.48. The van der Waals surface area contributed by atoms with Gasteiger partial charge in [-0.05, 0) is 64.7 Å². The van der Waals surface area contributed by atoms with E-state index < -0.39 is 0 Å². The number of rotatable bonds is 5. The van der Waals surface area contributed by atoms with Gasteiger partial charge >= 0.3 is 0 Å². The lowest BCUT2D eigenvalue weighted by Crippen LogP contribution is -2.31. The quantitative estimate of drug-likeness (QED) is 0.603. The second-order valence-electron chi connectivity index (χ2n) is 6.54. The van der Waals surface area contributed by atoms with Crippen molar-refractivity contribution >= 4 is 32.6 Å². The minimum atomic E-state index is -0.141. The molecule has 0 saturated heterocycles. The molecule has 1 amide bonds. The van der Waals surface area contributed by atoms with Gasteiger partial charge in [-0.3, -0.25) is 4.79 Å². The average molecular weight is 412 g/mol. The number of aryl methyl sites for hydroxylation is 2. The van der Waals surface area contributed by atoms with Crippen molar-refractivity contribution in [1.29, 1.82) is 0 Å². The summed E-state index contributed by atoms with van der Waals surface area (Å²) in [6.07, 6.45) is 0. The summed E-state index contributed by atoms with van der Waals surface area (Å²) in [5, 5.41) is 5.19. The Morgan fingerprint density at radius 3 is 2.65 bits per heavy atom. The third kappa shape index (κ3) is 4.07. The summed E-state index contributed by atoms with van der Waals surface area (Å²) in [6.45, 7) is 6.09. The van der Waals surface area contributed by atoms with Crippen molar-refractivity contribution in [2.75, 3.05) is 6.61 Å². The van der Waals surface area contributed by atoms with Gasteiger partial charge in [0.25, 0.3) is 5.91 Å². The van der Waals surface area contributed by atoms with Crippen molar-refractivity contribution in [3.05, 3.63) is 75.8 Å². The van der Waals surface area contributed by atoms with E-state index in [0.29, 0.717) is 5.75 Å². The van der Waals surface area contributed by atoms with Crippen molar-refractivity contribution in [2.45, 2.75) is 26.8 Å². The molecule has 0 fully saturated rings. The van der Waals surface area contributed by atoms with E-state index >= 15 is 0 Å². The highest BCUT2D eigenvalue weighted by Gasteiger charge is 2.13. The Balaban J connectivity index is 1.65. The molecule has 3 aromatic carbocycles. The maximum absolute atomic E-state index is 12.3. The maximum Gasteiger partial charge on any atom is 0.258 e. The summed E-state index contributed by atoms with van der Waals surface area (Å²) in [5.74, 6) is 0.524. The van der Waals surface area contributed by atoms with Gasteiger partial charge in [0.15, 0.2) is 6.61 Å². The van der Waals surface area contributed by atoms with Crippen LogP contribution in [0.5, 0.6) is 5.75 Å². The molecule has 0 heterocycles. The minimum Gasteiger partial charge on any atom is -0.483 e. The second-order valence-corrected chi connectivity index (χ2v) is 7.33. The van der Waals surface area contributed by atoms with Gasteiger partial charge in [0, 0.05) is 0 Å². The Morgan fingerprint density at radius 2 is 1.88 bits per heavy atom. The third-order valence-corrected chi connectivity index (χ3v) is 5.27. The highest BCUT2D eigenvalue weighted by molar-refractivity contribution is 9.10. The van der Waals surface area contributed by atoms with Crippen LogP contribution in [-0.4, -0.2) is 12.5 Å². The minimum absolute atomic E-state index is 0.0216. The summed E-state index contributed by atoms with van der Waals surface area (Å²) in [5.41, 5.74) is 3.51. The molecule has 0 aliphatic rings. The van der Waals surface area contributed by atoms with Crippen LogP contribution < -0.4 is 10.1 Å². The Bertz CT molecular complexity index is 952. The van der Waals surface area contributed by atoms with Gasteiger partial charge in [-0.15, -0.1) is 0 Å². The van der Waals surface area contributed by atoms with Crippen LogP contribution in [0.3, 0.4) is 0 Å². The molecule has 0 aromatic heterocycles. The normalized spacial score (nSPS) is 12.0. The lowest BCUT2D eigenvalue weighted by molar-refractivity contribution is -0.123. The van der Waals surface area contributed by atoms with Crippen LogP contribution in [0.1, 0.15) is 29.7 Å². The zero-order valence-electron chi connectivity index (χ0n) is 15.2. The summed E-state index contributed by atoms with van der Waals surface area (Å²) in [7, 11) is 0. The molecule has 4 heteroatoms. The molecule has 0 aliphatic carbocycles. The van der Waals surface area contributed by atoms with E-state index in [1.165, 1.54) is 11.1 Å². The smallest absolute Gasteiger partial charge is 0.258 e. The summed E-state index contributed by atoms with van der Waals surface area (Å²) in [4.78, 5) is 12.3. The van der Waals surface area contributed by atoms with E-state index in [9.17, 15) is 4.79 Å². The van der Waals surface area contributed by atoms with Crippen molar-refractivity contribution in [2.24, 2.45) is 0 Å². The second kappa shape index (κ2) is 7.92. The number of carbonyl (C=O) groups excluding carboxylic acids is 1. The molecule has 3 rings (SSSR count). The first kappa shape index (κ1) is 18.5. The molecular weight excluding hydrogens is 390 g/mol. The van der Waals surface area contributed by atoms with Crippen molar-refractivity contribution < 1.29 is 9.53 Å². The van der Waals surface area contributed by atoms with E-state index in [4.69, 9.17) is 4.74 Å². The van der Waals surface area contributed by atoms with Gasteiger partial charge in [-0.2, -0.15) is 0 Å². The molecule has 3 aromatic rings. The fourth-order valence-electron chi connectivity index (χ4n) is 3.14. The van der Waals surface area contributed by atoms with E-state index in [-0.39, 0.29) is 18.6 Å². The van der Waals surface area contributed by atoms with Crippen LogP contribution in [0, 0.1) is 13.8 Å². The van der Waals surface area contributed by atoms with E-state index in [0.717, 1.165) is 20.8 Å². The summed E-state index contributed by atoms with van der Waals surface area (Å²) in [6, 6.07) is 18.1. The standard InChI is InChI=1S/C22H22BrNO2/c1-14-8-10-18(15(2)12-14)16(3)24-21(25)13-26-20-11-9-17-6-4-5-7-19(17)22(20)23/h4-12,16H,13H2,1-3H3,(H,24,25). The number of fused-ring (bicyclic) bond motifs is 1. The average Bonchev–Trinajstić information content (AvgIpc) is 2.61. The fraction of sp³-hybridized carbons (Fsp3) is 0.227. The van der Waals surface area contributed by atoms with Crippen molar-refractivity contribution in [3.8, 4) is 5.75 Å². The van der Waals surface area contributed by atoms with E-state index in [1.54, 1.807) is 0 Å². The van der Waals surface area contributed by atoms with Crippen LogP contribution in [0.25, 0.3) is 10.8 Å². The molecule has 26 heavy (non-hydrogen) atoms. The monoisotopic (exact) mass is 411 g/mol. The fourth-order valence-corrected chi connectivity index (χ4v) is 3.75. The molecule has 134 valence electrons. The first-order valence-corrected chi connectivity index (χ1v) is 9.41.